The van der Waals surface area contributed by atoms with E-state index in [4.69, 9.17) is 0 Å². The fourth-order valence-corrected chi connectivity index (χ4v) is 4.67. The summed E-state index contributed by atoms with van der Waals surface area (Å²) in [5.41, 5.74) is -0.706. The zero-order chi connectivity index (χ0) is 24.0. The molecule has 33 heavy (non-hydrogen) atoms. The number of carboxylic acids is 1. The number of nitrogens with one attached hydrogen (secondary N) is 1. The second-order valence-corrected chi connectivity index (χ2v) is 8.69. The predicted octanol–water partition coefficient (Wildman–Crippen LogP) is 4.79. The quantitative estimate of drug-likeness (QED) is 0.579. The lowest BCUT2D eigenvalue weighted by Gasteiger charge is -2.33. The fraction of sp³-hybridized carbons (Fsp3) is 0.417. The van der Waals surface area contributed by atoms with Crippen LogP contribution in [-0.2, 0) is 27.7 Å². The number of anilines is 1. The highest BCUT2D eigenvalue weighted by molar-refractivity contribution is 5.81. The molecule has 0 saturated heterocycles. The summed E-state index contributed by atoms with van der Waals surface area (Å²) in [7, 11) is 0. The molecule has 1 unspecified atom stereocenters. The Morgan fingerprint density at radius 1 is 1.15 bits per heavy atom. The van der Waals surface area contributed by atoms with Gasteiger partial charge in [-0.1, -0.05) is 6.07 Å². The second kappa shape index (κ2) is 8.35. The molecule has 0 radical (unpaired) electrons. The number of amides is 1. The molecule has 1 saturated carbocycles. The normalized spacial score (nSPS) is 19.7. The summed E-state index contributed by atoms with van der Waals surface area (Å²) >= 11 is 0. The Morgan fingerprint density at radius 2 is 1.88 bits per heavy atom. The van der Waals surface area contributed by atoms with Crippen LogP contribution in [0.4, 0.5) is 23.2 Å². The van der Waals surface area contributed by atoms with Crippen LogP contribution in [0.2, 0.25) is 0 Å². The smallest absolute Gasteiger partial charge is 0.416 e. The average molecular weight is 464 g/mol. The van der Waals surface area contributed by atoms with E-state index in [9.17, 15) is 32.3 Å². The Labute approximate surface area is 188 Å². The molecule has 176 valence electrons. The van der Waals surface area contributed by atoms with Crippen molar-refractivity contribution < 1.29 is 32.3 Å². The van der Waals surface area contributed by atoms with Crippen LogP contribution in [0.15, 0.2) is 36.4 Å². The molecule has 5 nitrogen and oxygen atoms in total. The number of halogens is 4. The molecule has 1 heterocycles. The predicted molar refractivity (Wildman–Crippen MR) is 113 cm³/mol. The van der Waals surface area contributed by atoms with Gasteiger partial charge in [0.1, 0.15) is 5.82 Å². The average Bonchev–Trinajstić information content (AvgIpc) is 3.54. The number of rotatable bonds is 7. The van der Waals surface area contributed by atoms with Crippen LogP contribution in [0.25, 0.3) is 0 Å². The van der Waals surface area contributed by atoms with Gasteiger partial charge in [-0.3, -0.25) is 9.59 Å². The number of fused-ring (bicyclic) bond motifs is 1. The number of carboxylic acid groups (broad SMARTS) is 1. The third-order valence-electron chi connectivity index (χ3n) is 6.46. The summed E-state index contributed by atoms with van der Waals surface area (Å²) in [6, 6.07) is 7.14. The Kier molecular flexibility index (Phi) is 5.84. The molecule has 4 rings (SSSR count). The number of alkyl halides is 3. The Bertz CT molecular complexity index is 1100. The molecular weight excluding hydrogens is 440 g/mol. The van der Waals surface area contributed by atoms with Gasteiger partial charge < -0.3 is 15.3 Å². The number of hydrogen-bond donors (Lipinski definition) is 2. The van der Waals surface area contributed by atoms with Crippen molar-refractivity contribution in [2.75, 3.05) is 18.4 Å². The van der Waals surface area contributed by atoms with E-state index in [1.165, 1.54) is 29.2 Å². The van der Waals surface area contributed by atoms with Gasteiger partial charge in [0.15, 0.2) is 0 Å². The van der Waals surface area contributed by atoms with Crippen molar-refractivity contribution in [1.29, 1.82) is 0 Å². The van der Waals surface area contributed by atoms with E-state index in [1.807, 2.05) is 0 Å². The molecule has 2 N–H and O–H groups in total. The molecule has 1 aliphatic heterocycles. The highest BCUT2D eigenvalue weighted by Gasteiger charge is 2.45. The van der Waals surface area contributed by atoms with Gasteiger partial charge in [0.25, 0.3) is 0 Å². The third-order valence-corrected chi connectivity index (χ3v) is 6.46. The maximum absolute atomic E-state index is 14.2. The number of carbonyl (C=O) groups is 2. The molecule has 1 fully saturated rings. The first kappa shape index (κ1) is 23.1. The van der Waals surface area contributed by atoms with Crippen molar-refractivity contribution in [2.24, 2.45) is 5.92 Å². The SMILES string of the molecule is CCN(Cc1cc(C(F)(F)F)ccc1C1(CC(=O)O)CNc2ccc(F)cc21)C(=O)C1CC1. The number of nitrogens with zero attached hydrogens (tertiary/aromatic N) is 1. The lowest BCUT2D eigenvalue weighted by Crippen LogP contribution is -2.37. The van der Waals surface area contributed by atoms with Gasteiger partial charge in [0.05, 0.1) is 17.4 Å². The van der Waals surface area contributed by atoms with Crippen LogP contribution in [-0.4, -0.2) is 35.0 Å². The first-order valence-electron chi connectivity index (χ1n) is 10.8. The number of carbonyl (C=O) groups excluding carboxylic acids is 1. The van der Waals surface area contributed by atoms with Crippen LogP contribution in [0, 0.1) is 11.7 Å². The van der Waals surface area contributed by atoms with E-state index in [2.05, 4.69) is 5.32 Å². The van der Waals surface area contributed by atoms with Crippen LogP contribution in [0.5, 0.6) is 0 Å². The minimum absolute atomic E-state index is 0.0825. The van der Waals surface area contributed by atoms with Gasteiger partial charge in [0.2, 0.25) is 5.91 Å². The monoisotopic (exact) mass is 464 g/mol. The summed E-state index contributed by atoms with van der Waals surface area (Å²) in [4.78, 5) is 26.1. The molecule has 1 atom stereocenters. The van der Waals surface area contributed by atoms with Crippen LogP contribution < -0.4 is 5.32 Å². The standard InChI is InChI=1S/C24H24F4N2O3/c1-2-30(22(33)14-3-4-14)12-15-9-16(24(26,27)28)5-7-18(15)23(11-21(31)32)13-29-20-8-6-17(25)10-19(20)23/h5-10,14,29H,2-4,11-13H2,1H3,(H,31,32). The highest BCUT2D eigenvalue weighted by atomic mass is 19.4. The second-order valence-electron chi connectivity index (χ2n) is 8.69. The molecule has 9 heteroatoms. The van der Waals surface area contributed by atoms with Crippen molar-refractivity contribution >= 4 is 17.6 Å². The maximum atomic E-state index is 14.2. The highest BCUT2D eigenvalue weighted by Crippen LogP contribution is 2.47. The maximum Gasteiger partial charge on any atom is 0.416 e. The van der Waals surface area contributed by atoms with Gasteiger partial charge in [0, 0.05) is 31.2 Å². The zero-order valence-electron chi connectivity index (χ0n) is 18.0. The molecule has 2 aromatic carbocycles. The molecule has 2 aromatic rings. The Morgan fingerprint density at radius 3 is 2.48 bits per heavy atom. The van der Waals surface area contributed by atoms with Gasteiger partial charge in [-0.05, 0) is 66.8 Å². The van der Waals surface area contributed by atoms with Crippen LogP contribution in [0.3, 0.4) is 0 Å². The van der Waals surface area contributed by atoms with E-state index < -0.39 is 35.4 Å². The van der Waals surface area contributed by atoms with E-state index in [-0.39, 0.29) is 30.5 Å². The van der Waals surface area contributed by atoms with Crippen LogP contribution in [0.1, 0.15) is 48.4 Å². The summed E-state index contributed by atoms with van der Waals surface area (Å²) in [5.74, 6) is -1.97. The minimum Gasteiger partial charge on any atom is -0.481 e. The van der Waals surface area contributed by atoms with Gasteiger partial charge >= 0.3 is 12.1 Å². The van der Waals surface area contributed by atoms with Crippen molar-refractivity contribution in [3.8, 4) is 0 Å². The van der Waals surface area contributed by atoms with Crippen LogP contribution >= 0.6 is 0 Å². The summed E-state index contributed by atoms with van der Waals surface area (Å²) in [5, 5.41) is 12.8. The number of benzene rings is 2. The molecule has 0 spiro atoms. The van der Waals surface area contributed by atoms with Gasteiger partial charge in [-0.15, -0.1) is 0 Å². The lowest BCUT2D eigenvalue weighted by molar-refractivity contribution is -0.139. The molecule has 1 aliphatic carbocycles. The van der Waals surface area contributed by atoms with Crippen molar-refractivity contribution in [3.05, 3.63) is 64.5 Å². The molecule has 1 amide bonds. The third kappa shape index (κ3) is 4.41. The Hall–Kier alpha value is -3.10. The van der Waals surface area contributed by atoms with Crippen molar-refractivity contribution in [2.45, 2.75) is 44.3 Å². The number of hydrogen-bond acceptors (Lipinski definition) is 3. The fourth-order valence-electron chi connectivity index (χ4n) is 4.67. The first-order valence-corrected chi connectivity index (χ1v) is 10.8. The molecule has 2 aliphatic rings. The molecular formula is C24H24F4N2O3. The summed E-state index contributed by atoms with van der Waals surface area (Å²) in [6.07, 6.45) is -3.55. The Balaban J connectivity index is 1.88. The number of aliphatic carboxylic acids is 1. The topological polar surface area (TPSA) is 69.6 Å². The molecule has 0 aromatic heterocycles. The zero-order valence-corrected chi connectivity index (χ0v) is 18.0. The minimum atomic E-state index is -4.61. The summed E-state index contributed by atoms with van der Waals surface area (Å²) in [6.45, 7) is 2.05. The van der Waals surface area contributed by atoms with Gasteiger partial charge in [-0.25, -0.2) is 4.39 Å². The van der Waals surface area contributed by atoms with Gasteiger partial charge in [-0.2, -0.15) is 13.2 Å². The lowest BCUT2D eigenvalue weighted by atomic mass is 9.71. The molecule has 0 bridgehead atoms. The van der Waals surface area contributed by atoms with E-state index >= 15 is 0 Å². The van der Waals surface area contributed by atoms with E-state index in [0.717, 1.165) is 25.0 Å². The summed E-state index contributed by atoms with van der Waals surface area (Å²) < 4.78 is 54.8. The van der Waals surface area contributed by atoms with Crippen molar-refractivity contribution in [3.63, 3.8) is 0 Å². The van der Waals surface area contributed by atoms with Crippen molar-refractivity contribution in [1.82, 2.24) is 4.90 Å². The van der Waals surface area contributed by atoms with E-state index in [1.54, 1.807) is 6.92 Å². The first-order chi connectivity index (χ1) is 15.5. The largest absolute Gasteiger partial charge is 0.481 e. The van der Waals surface area contributed by atoms with E-state index in [0.29, 0.717) is 23.4 Å².